The van der Waals surface area contributed by atoms with Crippen molar-refractivity contribution in [3.8, 4) is 0 Å². The lowest BCUT2D eigenvalue weighted by Crippen LogP contribution is -2.69. The molecule has 0 aromatic carbocycles. The number of piperazine rings is 1. The summed E-state index contributed by atoms with van der Waals surface area (Å²) in [7, 11) is 0. The predicted octanol–water partition coefficient (Wildman–Crippen LogP) is 3.16. The lowest BCUT2D eigenvalue weighted by Gasteiger charge is -2.44. The second-order valence-corrected chi connectivity index (χ2v) is 8.02. The Morgan fingerprint density at radius 1 is 1.48 bits per heavy atom. The molecule has 1 aromatic rings. The number of nitrogens with zero attached hydrogens (tertiary/aromatic N) is 1. The largest absolute Gasteiger partial charge is 0.340 e. The van der Waals surface area contributed by atoms with Gasteiger partial charge in [0, 0.05) is 14.7 Å². The first-order chi connectivity index (χ1) is 9.76. The Labute approximate surface area is 138 Å². The van der Waals surface area contributed by atoms with Gasteiger partial charge < -0.3 is 10.2 Å². The van der Waals surface area contributed by atoms with Crippen LogP contribution in [0.5, 0.6) is 0 Å². The molecule has 1 fully saturated rings. The Balaban J connectivity index is 2.33. The van der Waals surface area contributed by atoms with Crippen LogP contribution in [0.1, 0.15) is 39.0 Å². The van der Waals surface area contributed by atoms with E-state index in [0.717, 1.165) is 15.8 Å². The van der Waals surface area contributed by atoms with Crippen LogP contribution in [0.15, 0.2) is 15.9 Å². The summed E-state index contributed by atoms with van der Waals surface area (Å²) in [6, 6.07) is 1.61. The number of hydrogen-bond donors (Lipinski definition) is 1. The second kappa shape index (κ2) is 6.08. The van der Waals surface area contributed by atoms with Crippen LogP contribution in [0, 0.1) is 5.92 Å². The fourth-order valence-electron chi connectivity index (χ4n) is 2.63. The van der Waals surface area contributed by atoms with E-state index in [1.807, 2.05) is 25.3 Å². The molecule has 0 spiro atoms. The number of carbonyl (C=O) groups excluding carboxylic acids is 2. The highest BCUT2D eigenvalue weighted by Gasteiger charge is 2.46. The number of hydrogen-bond acceptors (Lipinski definition) is 3. The summed E-state index contributed by atoms with van der Waals surface area (Å²) >= 11 is 5.03. The van der Waals surface area contributed by atoms with Crippen molar-refractivity contribution in [3.05, 3.63) is 20.8 Å². The summed E-state index contributed by atoms with van der Waals surface area (Å²) in [5, 5.41) is 4.85. The van der Waals surface area contributed by atoms with Gasteiger partial charge in [0.15, 0.2) is 0 Å². The lowest BCUT2D eigenvalue weighted by atomic mass is 9.89. The molecule has 1 aromatic heterocycles. The van der Waals surface area contributed by atoms with Crippen LogP contribution < -0.4 is 5.32 Å². The zero-order valence-electron chi connectivity index (χ0n) is 12.8. The lowest BCUT2D eigenvalue weighted by molar-refractivity contribution is -0.156. The summed E-state index contributed by atoms with van der Waals surface area (Å²) in [5.41, 5.74) is -0.838. The van der Waals surface area contributed by atoms with Crippen LogP contribution in [0.3, 0.4) is 0 Å². The van der Waals surface area contributed by atoms with E-state index in [0.29, 0.717) is 6.54 Å². The molecular formula is C15H21BrN2O2S. The fraction of sp³-hybridized carbons (Fsp3) is 0.600. The Morgan fingerprint density at radius 3 is 2.67 bits per heavy atom. The predicted molar refractivity (Wildman–Crippen MR) is 88.0 cm³/mol. The van der Waals surface area contributed by atoms with Gasteiger partial charge in [-0.1, -0.05) is 20.3 Å². The van der Waals surface area contributed by atoms with E-state index in [4.69, 9.17) is 0 Å². The molecule has 0 saturated carbocycles. The number of thiophene rings is 1. The van der Waals surface area contributed by atoms with Gasteiger partial charge in [-0.05, 0) is 41.8 Å². The van der Waals surface area contributed by atoms with E-state index in [2.05, 4.69) is 21.2 Å². The van der Waals surface area contributed by atoms with Crippen LogP contribution in [-0.2, 0) is 16.1 Å². The van der Waals surface area contributed by atoms with Crippen LogP contribution in [-0.4, -0.2) is 28.3 Å². The molecule has 1 saturated heterocycles. The van der Waals surface area contributed by atoms with Gasteiger partial charge in [-0.3, -0.25) is 9.59 Å². The maximum absolute atomic E-state index is 12.7. The minimum absolute atomic E-state index is 0.0167. The molecule has 2 rings (SSSR count). The summed E-state index contributed by atoms with van der Waals surface area (Å²) in [5.74, 6) is 0.0648. The van der Waals surface area contributed by atoms with Crippen molar-refractivity contribution in [2.24, 2.45) is 5.92 Å². The van der Waals surface area contributed by atoms with Crippen LogP contribution in [0.25, 0.3) is 0 Å². The van der Waals surface area contributed by atoms with Gasteiger partial charge in [-0.2, -0.15) is 0 Å². The molecule has 2 unspecified atom stereocenters. The molecule has 1 N–H and O–H groups in total. The Kier molecular flexibility index (Phi) is 4.78. The van der Waals surface area contributed by atoms with E-state index >= 15 is 0 Å². The highest BCUT2D eigenvalue weighted by atomic mass is 79.9. The summed E-state index contributed by atoms with van der Waals surface area (Å²) in [6.45, 7) is 8.07. The quantitative estimate of drug-likeness (QED) is 0.882. The van der Waals surface area contributed by atoms with E-state index in [-0.39, 0.29) is 17.7 Å². The molecule has 0 aliphatic carbocycles. The molecule has 2 amide bonds. The number of carbonyl (C=O) groups is 2. The highest BCUT2D eigenvalue weighted by Crippen LogP contribution is 2.28. The minimum Gasteiger partial charge on any atom is -0.340 e. The van der Waals surface area contributed by atoms with E-state index in [1.165, 1.54) is 0 Å². The monoisotopic (exact) mass is 372 g/mol. The maximum atomic E-state index is 12.7. The van der Waals surface area contributed by atoms with Crippen molar-refractivity contribution in [1.82, 2.24) is 10.2 Å². The van der Waals surface area contributed by atoms with Gasteiger partial charge in [-0.25, -0.2) is 0 Å². The van der Waals surface area contributed by atoms with E-state index in [9.17, 15) is 9.59 Å². The molecular weight excluding hydrogens is 352 g/mol. The van der Waals surface area contributed by atoms with Crippen molar-refractivity contribution in [2.75, 3.05) is 0 Å². The number of nitrogens with one attached hydrogen (secondary N) is 1. The Morgan fingerprint density at radius 2 is 2.14 bits per heavy atom. The van der Waals surface area contributed by atoms with Crippen LogP contribution in [0.2, 0.25) is 0 Å². The average Bonchev–Trinajstić information content (AvgIpc) is 2.80. The first-order valence-corrected chi connectivity index (χ1v) is 8.79. The minimum atomic E-state index is -0.838. The normalized spacial score (nSPS) is 23.1. The number of halogens is 1. The third kappa shape index (κ3) is 3.31. The molecule has 0 radical (unpaired) electrons. The fourth-order valence-corrected chi connectivity index (χ4v) is 4.07. The molecule has 6 heteroatoms. The van der Waals surface area contributed by atoms with Crippen LogP contribution in [0.4, 0.5) is 0 Å². The zero-order chi connectivity index (χ0) is 15.8. The molecule has 0 bridgehead atoms. The number of rotatable bonds is 4. The highest BCUT2D eigenvalue weighted by molar-refractivity contribution is 9.10. The van der Waals surface area contributed by atoms with Gasteiger partial charge in [0.1, 0.15) is 11.6 Å². The van der Waals surface area contributed by atoms with Gasteiger partial charge in [0.05, 0.1) is 6.54 Å². The summed E-state index contributed by atoms with van der Waals surface area (Å²) < 4.78 is 1.01. The third-order valence-corrected chi connectivity index (χ3v) is 5.65. The average molecular weight is 373 g/mol. The number of amides is 2. The van der Waals surface area contributed by atoms with Crippen molar-refractivity contribution in [2.45, 2.75) is 52.2 Å². The van der Waals surface area contributed by atoms with Gasteiger partial charge in [-0.15, -0.1) is 11.3 Å². The first kappa shape index (κ1) is 16.5. The van der Waals surface area contributed by atoms with Gasteiger partial charge in [0.2, 0.25) is 11.8 Å². The Hall–Kier alpha value is -0.880. The molecule has 1 aliphatic rings. The second-order valence-electron chi connectivity index (χ2n) is 6.11. The smallest absolute Gasteiger partial charge is 0.248 e. The topological polar surface area (TPSA) is 49.4 Å². The van der Waals surface area contributed by atoms with Crippen molar-refractivity contribution in [3.63, 3.8) is 0 Å². The summed E-state index contributed by atoms with van der Waals surface area (Å²) in [6.07, 6.45) is 0.858. The Bertz CT molecular complexity index is 556. The van der Waals surface area contributed by atoms with Gasteiger partial charge in [0.25, 0.3) is 0 Å². The van der Waals surface area contributed by atoms with E-state index in [1.54, 1.807) is 30.1 Å². The van der Waals surface area contributed by atoms with E-state index < -0.39 is 11.6 Å². The van der Waals surface area contributed by atoms with Gasteiger partial charge >= 0.3 is 0 Å². The SMILES string of the molecule is CCC(C)C1C(=O)NC(C)(C)C(=O)N1Cc1cc(Br)cs1. The van der Waals surface area contributed by atoms with Crippen molar-refractivity contribution >= 4 is 39.1 Å². The standard InChI is InChI=1S/C15H21BrN2O2S/c1-5-9(2)12-13(19)17-15(3,4)14(20)18(12)7-11-6-10(16)8-21-11/h6,8-9,12H,5,7H2,1-4H3,(H,17,19). The third-order valence-electron chi connectivity index (χ3n) is 3.97. The molecule has 21 heavy (non-hydrogen) atoms. The molecule has 2 heterocycles. The van der Waals surface area contributed by atoms with Crippen molar-refractivity contribution < 1.29 is 9.59 Å². The first-order valence-electron chi connectivity index (χ1n) is 7.12. The molecule has 4 nitrogen and oxygen atoms in total. The van der Waals surface area contributed by atoms with Crippen molar-refractivity contribution in [1.29, 1.82) is 0 Å². The summed E-state index contributed by atoms with van der Waals surface area (Å²) in [4.78, 5) is 28.0. The van der Waals surface area contributed by atoms with Crippen LogP contribution >= 0.6 is 27.3 Å². The molecule has 116 valence electrons. The molecule has 1 aliphatic heterocycles. The zero-order valence-corrected chi connectivity index (χ0v) is 15.2. The molecule has 2 atom stereocenters. The maximum Gasteiger partial charge on any atom is 0.248 e.